The van der Waals surface area contributed by atoms with Crippen LogP contribution in [0.4, 0.5) is 0 Å². The SMILES string of the molecule is C[C@H]1CN(C(=O)c2ccc3ncnn3c2)Cc2nnc(C3CC3)n21. The zero-order valence-corrected chi connectivity index (χ0v) is 13.3. The first-order valence-corrected chi connectivity index (χ1v) is 8.23. The predicted molar refractivity (Wildman–Crippen MR) is 84.4 cm³/mol. The summed E-state index contributed by atoms with van der Waals surface area (Å²) in [7, 11) is 0. The Bertz CT molecular complexity index is 939. The molecule has 1 aliphatic carbocycles. The van der Waals surface area contributed by atoms with Gasteiger partial charge in [0.05, 0.1) is 18.2 Å². The van der Waals surface area contributed by atoms with Crippen LogP contribution in [0.25, 0.3) is 5.65 Å². The first-order chi connectivity index (χ1) is 11.7. The first kappa shape index (κ1) is 13.6. The van der Waals surface area contributed by atoms with Gasteiger partial charge in [0.2, 0.25) is 0 Å². The second-order valence-corrected chi connectivity index (χ2v) is 6.63. The van der Waals surface area contributed by atoms with Crippen LogP contribution < -0.4 is 0 Å². The molecule has 1 amide bonds. The lowest BCUT2D eigenvalue weighted by molar-refractivity contribution is 0.0679. The summed E-state index contributed by atoms with van der Waals surface area (Å²) < 4.78 is 3.84. The standard InChI is InChI=1S/C16H17N7O/c1-10-6-21(8-14-19-20-15(23(10)14)11-2-3-11)16(24)12-4-5-13-17-9-18-22(13)7-12/h4-5,7,9-11H,2-3,6,8H2,1H3/t10-/m0/s1. The molecule has 1 atom stereocenters. The van der Waals surface area contributed by atoms with Gasteiger partial charge in [-0.05, 0) is 31.9 Å². The van der Waals surface area contributed by atoms with Crippen LogP contribution >= 0.6 is 0 Å². The fourth-order valence-corrected chi connectivity index (χ4v) is 3.46. The summed E-state index contributed by atoms with van der Waals surface area (Å²) in [5.41, 5.74) is 1.34. The summed E-state index contributed by atoms with van der Waals surface area (Å²) >= 11 is 0. The fraction of sp³-hybridized carbons (Fsp3) is 0.438. The number of amides is 1. The van der Waals surface area contributed by atoms with E-state index in [1.165, 1.54) is 19.2 Å². The van der Waals surface area contributed by atoms with Crippen LogP contribution in [0.3, 0.4) is 0 Å². The molecule has 8 heteroatoms. The molecule has 8 nitrogen and oxygen atoms in total. The van der Waals surface area contributed by atoms with E-state index in [9.17, 15) is 4.79 Å². The highest BCUT2D eigenvalue weighted by Crippen LogP contribution is 2.41. The molecule has 24 heavy (non-hydrogen) atoms. The number of rotatable bonds is 2. The molecule has 4 heterocycles. The van der Waals surface area contributed by atoms with Crippen molar-refractivity contribution in [3.63, 3.8) is 0 Å². The van der Waals surface area contributed by atoms with E-state index in [-0.39, 0.29) is 11.9 Å². The van der Waals surface area contributed by atoms with Crippen molar-refractivity contribution in [2.75, 3.05) is 6.54 Å². The van der Waals surface area contributed by atoms with E-state index in [2.05, 4.69) is 31.8 Å². The molecule has 0 radical (unpaired) electrons. The highest BCUT2D eigenvalue weighted by atomic mass is 16.2. The molecule has 0 unspecified atom stereocenters. The lowest BCUT2D eigenvalue weighted by Crippen LogP contribution is -2.40. The van der Waals surface area contributed by atoms with Crippen molar-refractivity contribution < 1.29 is 4.79 Å². The molecule has 3 aromatic rings. The van der Waals surface area contributed by atoms with Crippen LogP contribution in [-0.4, -0.2) is 46.7 Å². The highest BCUT2D eigenvalue weighted by Gasteiger charge is 2.35. The van der Waals surface area contributed by atoms with Crippen LogP contribution in [0.15, 0.2) is 24.7 Å². The van der Waals surface area contributed by atoms with Crippen molar-refractivity contribution in [1.82, 2.24) is 34.3 Å². The molecule has 0 aromatic carbocycles. The maximum atomic E-state index is 12.9. The van der Waals surface area contributed by atoms with Crippen molar-refractivity contribution in [2.45, 2.75) is 38.3 Å². The quantitative estimate of drug-likeness (QED) is 0.712. The number of fused-ring (bicyclic) bond motifs is 2. The predicted octanol–water partition coefficient (Wildman–Crippen LogP) is 1.42. The molecular weight excluding hydrogens is 306 g/mol. The lowest BCUT2D eigenvalue weighted by atomic mass is 10.1. The third kappa shape index (κ3) is 2.02. The summed E-state index contributed by atoms with van der Waals surface area (Å²) in [6.45, 7) is 3.29. The molecule has 0 saturated heterocycles. The Balaban J connectivity index is 1.45. The Labute approximate surface area is 138 Å². The van der Waals surface area contributed by atoms with Crippen LogP contribution in [0.2, 0.25) is 0 Å². The molecule has 1 saturated carbocycles. The number of hydrogen-bond acceptors (Lipinski definition) is 5. The third-order valence-electron chi connectivity index (χ3n) is 4.80. The van der Waals surface area contributed by atoms with Crippen molar-refractivity contribution in [3.8, 4) is 0 Å². The van der Waals surface area contributed by atoms with Gasteiger partial charge in [-0.25, -0.2) is 9.50 Å². The minimum absolute atomic E-state index is 0.0125. The number of pyridine rings is 1. The number of nitrogens with zero attached hydrogens (tertiary/aromatic N) is 7. The van der Waals surface area contributed by atoms with Gasteiger partial charge in [0.25, 0.3) is 5.91 Å². The van der Waals surface area contributed by atoms with Crippen LogP contribution in [0.1, 0.15) is 53.7 Å². The first-order valence-electron chi connectivity index (χ1n) is 8.23. The number of hydrogen-bond donors (Lipinski definition) is 0. The van der Waals surface area contributed by atoms with Gasteiger partial charge in [0.1, 0.15) is 12.2 Å². The topological polar surface area (TPSA) is 81.2 Å². The smallest absolute Gasteiger partial charge is 0.255 e. The summed E-state index contributed by atoms with van der Waals surface area (Å²) in [6, 6.07) is 3.80. The van der Waals surface area contributed by atoms with E-state index in [1.807, 2.05) is 4.90 Å². The molecular formula is C16H17N7O. The molecule has 0 spiro atoms. The Morgan fingerprint density at radius 1 is 1.25 bits per heavy atom. The normalized spacial score (nSPS) is 20.4. The Morgan fingerprint density at radius 2 is 2.12 bits per heavy atom. The van der Waals surface area contributed by atoms with Gasteiger partial charge >= 0.3 is 0 Å². The van der Waals surface area contributed by atoms with Crippen molar-refractivity contribution >= 4 is 11.6 Å². The largest absolute Gasteiger partial charge is 0.329 e. The molecule has 1 aliphatic heterocycles. The van der Waals surface area contributed by atoms with Gasteiger partial charge in [-0.1, -0.05) is 0 Å². The number of carbonyl (C=O) groups is 1. The molecule has 5 rings (SSSR count). The molecule has 0 bridgehead atoms. The fourth-order valence-electron chi connectivity index (χ4n) is 3.46. The number of carbonyl (C=O) groups excluding carboxylic acids is 1. The van der Waals surface area contributed by atoms with E-state index in [1.54, 1.807) is 22.8 Å². The zero-order chi connectivity index (χ0) is 16.3. The molecule has 1 fully saturated rings. The van der Waals surface area contributed by atoms with E-state index < -0.39 is 0 Å². The lowest BCUT2D eigenvalue weighted by Gasteiger charge is -2.32. The van der Waals surface area contributed by atoms with E-state index in [0.717, 1.165) is 17.3 Å². The highest BCUT2D eigenvalue weighted by molar-refractivity contribution is 5.94. The second kappa shape index (κ2) is 4.86. The minimum atomic E-state index is -0.0125. The average molecular weight is 323 g/mol. The summed E-state index contributed by atoms with van der Waals surface area (Å²) in [6.07, 6.45) is 5.61. The summed E-state index contributed by atoms with van der Waals surface area (Å²) in [5.74, 6) is 2.52. The summed E-state index contributed by atoms with van der Waals surface area (Å²) in [4.78, 5) is 18.8. The van der Waals surface area contributed by atoms with E-state index in [4.69, 9.17) is 0 Å². The second-order valence-electron chi connectivity index (χ2n) is 6.63. The maximum absolute atomic E-state index is 12.9. The molecule has 2 aliphatic rings. The maximum Gasteiger partial charge on any atom is 0.255 e. The Kier molecular flexibility index (Phi) is 2.76. The third-order valence-corrected chi connectivity index (χ3v) is 4.80. The van der Waals surface area contributed by atoms with Crippen molar-refractivity contribution in [3.05, 3.63) is 41.9 Å². The average Bonchev–Trinajstić information content (AvgIpc) is 3.17. The minimum Gasteiger partial charge on any atom is -0.329 e. The van der Waals surface area contributed by atoms with Crippen LogP contribution in [-0.2, 0) is 6.54 Å². The van der Waals surface area contributed by atoms with Gasteiger partial charge < -0.3 is 9.47 Å². The molecule has 122 valence electrons. The van der Waals surface area contributed by atoms with Gasteiger partial charge in [-0.15, -0.1) is 10.2 Å². The van der Waals surface area contributed by atoms with Gasteiger partial charge in [0.15, 0.2) is 11.5 Å². The number of aromatic nitrogens is 6. The summed E-state index contributed by atoms with van der Waals surface area (Å²) in [5, 5.41) is 12.8. The van der Waals surface area contributed by atoms with Gasteiger partial charge in [0, 0.05) is 18.7 Å². The van der Waals surface area contributed by atoms with Crippen molar-refractivity contribution in [2.24, 2.45) is 0 Å². The van der Waals surface area contributed by atoms with Crippen LogP contribution in [0, 0.1) is 0 Å². The van der Waals surface area contributed by atoms with E-state index in [0.29, 0.717) is 24.6 Å². The van der Waals surface area contributed by atoms with Crippen LogP contribution in [0.5, 0.6) is 0 Å². The van der Waals surface area contributed by atoms with E-state index >= 15 is 0 Å². The monoisotopic (exact) mass is 323 g/mol. The van der Waals surface area contributed by atoms with Gasteiger partial charge in [-0.2, -0.15) is 5.10 Å². The molecule has 0 N–H and O–H groups in total. The Morgan fingerprint density at radius 3 is 2.96 bits per heavy atom. The van der Waals surface area contributed by atoms with Gasteiger partial charge in [-0.3, -0.25) is 4.79 Å². The molecule has 3 aromatic heterocycles. The zero-order valence-electron chi connectivity index (χ0n) is 13.3. The van der Waals surface area contributed by atoms with Crippen molar-refractivity contribution in [1.29, 1.82) is 0 Å². The Hall–Kier alpha value is -2.77.